The van der Waals surface area contributed by atoms with E-state index in [0.29, 0.717) is 31.0 Å². The van der Waals surface area contributed by atoms with Crippen molar-refractivity contribution in [2.24, 2.45) is 5.92 Å². The van der Waals surface area contributed by atoms with Crippen molar-refractivity contribution < 1.29 is 9.53 Å². The summed E-state index contributed by atoms with van der Waals surface area (Å²) in [6, 6.07) is 6.96. The number of rotatable bonds is 5. The van der Waals surface area contributed by atoms with Crippen molar-refractivity contribution >= 4 is 27.5 Å². The third-order valence-corrected chi connectivity index (χ3v) is 5.06. The summed E-state index contributed by atoms with van der Waals surface area (Å²) < 4.78 is 6.55. The summed E-state index contributed by atoms with van der Waals surface area (Å²) in [6.45, 7) is 2.52. The molecule has 0 aromatic heterocycles. The van der Waals surface area contributed by atoms with Gasteiger partial charge in [0.05, 0.1) is 12.3 Å². The molecule has 2 heterocycles. The van der Waals surface area contributed by atoms with Gasteiger partial charge in [-0.2, -0.15) is 0 Å². The van der Waals surface area contributed by atoms with Gasteiger partial charge in [0.25, 0.3) is 0 Å². The van der Waals surface area contributed by atoms with E-state index in [-0.39, 0.29) is 5.91 Å². The van der Waals surface area contributed by atoms with Gasteiger partial charge in [0, 0.05) is 23.0 Å². The van der Waals surface area contributed by atoms with Crippen LogP contribution in [0.15, 0.2) is 22.7 Å². The first-order valence-corrected chi connectivity index (χ1v) is 8.91. The van der Waals surface area contributed by atoms with Crippen LogP contribution >= 0.6 is 15.9 Å². The molecule has 2 aliphatic rings. The Hall–Kier alpha value is -1.07. The zero-order valence-electron chi connectivity index (χ0n) is 12.9. The summed E-state index contributed by atoms with van der Waals surface area (Å²) in [4.78, 5) is 12.4. The Kier molecular flexibility index (Phi) is 5.03. The molecule has 0 saturated carbocycles. The molecule has 1 aromatic rings. The highest BCUT2D eigenvalue weighted by Gasteiger charge is 2.34. The maximum Gasteiger partial charge on any atom is 0.224 e. The molecular formula is C17H23BrN2O2. The number of anilines is 1. The van der Waals surface area contributed by atoms with Crippen LogP contribution in [0.3, 0.4) is 0 Å². The van der Waals surface area contributed by atoms with E-state index in [4.69, 9.17) is 4.74 Å². The van der Waals surface area contributed by atoms with Crippen molar-refractivity contribution in [3.05, 3.63) is 22.7 Å². The number of benzene rings is 1. The molecule has 2 atom stereocenters. The van der Waals surface area contributed by atoms with Crippen LogP contribution in [0.25, 0.3) is 0 Å². The zero-order valence-corrected chi connectivity index (χ0v) is 14.5. The highest BCUT2D eigenvalue weighted by atomic mass is 79.9. The summed E-state index contributed by atoms with van der Waals surface area (Å²) in [5.74, 6) is 1.31. The third kappa shape index (κ3) is 3.82. The first kappa shape index (κ1) is 15.8. The number of carbonyl (C=O) groups is 1. The largest absolute Gasteiger partial charge is 0.492 e. The summed E-state index contributed by atoms with van der Waals surface area (Å²) in [5, 5.41) is 6.63. The van der Waals surface area contributed by atoms with Gasteiger partial charge < -0.3 is 15.4 Å². The maximum atomic E-state index is 12.4. The number of fused-ring (bicyclic) bond motifs is 2. The second kappa shape index (κ2) is 7.01. The molecule has 2 aliphatic heterocycles. The normalized spacial score (nSPS) is 26.7. The monoisotopic (exact) mass is 366 g/mol. The topological polar surface area (TPSA) is 50.4 Å². The second-order valence-electron chi connectivity index (χ2n) is 6.30. The minimum Gasteiger partial charge on any atom is -0.492 e. The molecule has 5 heteroatoms. The molecule has 1 amide bonds. The number of piperidine rings is 1. The van der Waals surface area contributed by atoms with Crippen LogP contribution in [-0.2, 0) is 4.79 Å². The van der Waals surface area contributed by atoms with Gasteiger partial charge in [0.15, 0.2) is 0 Å². The fourth-order valence-electron chi connectivity index (χ4n) is 3.68. The zero-order chi connectivity index (χ0) is 15.5. The van der Waals surface area contributed by atoms with Crippen LogP contribution in [0.1, 0.15) is 39.0 Å². The Morgan fingerprint density at radius 2 is 2.09 bits per heavy atom. The molecule has 3 rings (SSSR count). The molecule has 2 fully saturated rings. The lowest BCUT2D eigenvalue weighted by Gasteiger charge is -2.28. The SMILES string of the molecule is CCOc1cc(Br)ccc1NC(=O)CC1CC2CCC(C1)N2. The molecule has 0 aliphatic carbocycles. The number of halogens is 1. The number of hydrogen-bond acceptors (Lipinski definition) is 3. The number of nitrogens with one attached hydrogen (secondary N) is 2. The van der Waals surface area contributed by atoms with Gasteiger partial charge in [0.2, 0.25) is 5.91 Å². The summed E-state index contributed by atoms with van der Waals surface area (Å²) in [6.07, 6.45) is 5.40. The maximum absolute atomic E-state index is 12.4. The number of amides is 1. The molecule has 4 nitrogen and oxygen atoms in total. The molecule has 2 saturated heterocycles. The lowest BCUT2D eigenvalue weighted by molar-refractivity contribution is -0.117. The van der Waals surface area contributed by atoms with Crippen LogP contribution in [0.5, 0.6) is 5.75 Å². The van der Waals surface area contributed by atoms with E-state index in [1.807, 2.05) is 25.1 Å². The van der Waals surface area contributed by atoms with E-state index in [1.54, 1.807) is 0 Å². The van der Waals surface area contributed by atoms with Crippen LogP contribution in [-0.4, -0.2) is 24.6 Å². The summed E-state index contributed by atoms with van der Waals surface area (Å²) in [7, 11) is 0. The van der Waals surface area contributed by atoms with Crippen molar-refractivity contribution in [2.75, 3.05) is 11.9 Å². The Bertz CT molecular complexity index is 537. The van der Waals surface area contributed by atoms with Crippen LogP contribution in [0.2, 0.25) is 0 Å². The summed E-state index contributed by atoms with van der Waals surface area (Å²) >= 11 is 3.43. The highest BCUT2D eigenvalue weighted by Crippen LogP contribution is 2.33. The molecule has 0 spiro atoms. The highest BCUT2D eigenvalue weighted by molar-refractivity contribution is 9.10. The number of ether oxygens (including phenoxy) is 1. The van der Waals surface area contributed by atoms with Gasteiger partial charge in [-0.25, -0.2) is 0 Å². The molecule has 1 aromatic carbocycles. The van der Waals surface area contributed by atoms with Crippen molar-refractivity contribution in [1.29, 1.82) is 0 Å². The van der Waals surface area contributed by atoms with E-state index in [1.165, 1.54) is 12.8 Å². The van der Waals surface area contributed by atoms with Crippen molar-refractivity contribution in [2.45, 2.75) is 51.1 Å². The smallest absolute Gasteiger partial charge is 0.224 e. The molecule has 2 bridgehead atoms. The average Bonchev–Trinajstić information content (AvgIpc) is 2.81. The lowest BCUT2D eigenvalue weighted by Crippen LogP contribution is -2.39. The van der Waals surface area contributed by atoms with Crippen molar-refractivity contribution in [1.82, 2.24) is 5.32 Å². The van der Waals surface area contributed by atoms with Crippen LogP contribution in [0.4, 0.5) is 5.69 Å². The van der Waals surface area contributed by atoms with Crippen molar-refractivity contribution in [3.63, 3.8) is 0 Å². The number of hydrogen-bond donors (Lipinski definition) is 2. The first-order chi connectivity index (χ1) is 10.6. The Morgan fingerprint density at radius 3 is 2.77 bits per heavy atom. The lowest BCUT2D eigenvalue weighted by atomic mass is 9.89. The summed E-state index contributed by atoms with van der Waals surface area (Å²) in [5.41, 5.74) is 0.756. The van der Waals surface area contributed by atoms with E-state index < -0.39 is 0 Å². The molecule has 2 N–H and O–H groups in total. The van der Waals surface area contributed by atoms with Crippen LogP contribution < -0.4 is 15.4 Å². The minimum atomic E-state index is 0.0922. The van der Waals surface area contributed by atoms with Gasteiger partial charge in [-0.15, -0.1) is 0 Å². The second-order valence-corrected chi connectivity index (χ2v) is 7.22. The Morgan fingerprint density at radius 1 is 1.36 bits per heavy atom. The molecule has 120 valence electrons. The van der Waals surface area contributed by atoms with E-state index in [9.17, 15) is 4.79 Å². The third-order valence-electron chi connectivity index (χ3n) is 4.56. The van der Waals surface area contributed by atoms with Gasteiger partial charge in [-0.3, -0.25) is 4.79 Å². The van der Waals surface area contributed by atoms with Gasteiger partial charge >= 0.3 is 0 Å². The molecular weight excluding hydrogens is 344 g/mol. The van der Waals surface area contributed by atoms with E-state index >= 15 is 0 Å². The van der Waals surface area contributed by atoms with E-state index in [2.05, 4.69) is 26.6 Å². The van der Waals surface area contributed by atoms with Crippen LogP contribution in [0, 0.1) is 5.92 Å². The van der Waals surface area contributed by atoms with Gasteiger partial charge in [-0.05, 0) is 56.7 Å². The first-order valence-electron chi connectivity index (χ1n) is 8.12. The Labute approximate surface area is 140 Å². The number of carbonyl (C=O) groups excluding carboxylic acids is 1. The van der Waals surface area contributed by atoms with Gasteiger partial charge in [0.1, 0.15) is 5.75 Å². The predicted molar refractivity (Wildman–Crippen MR) is 91.2 cm³/mol. The average molecular weight is 367 g/mol. The predicted octanol–water partition coefficient (Wildman–Crippen LogP) is 3.71. The molecule has 2 unspecified atom stereocenters. The molecule has 22 heavy (non-hydrogen) atoms. The standard InChI is InChI=1S/C17H23BrN2O2/c1-2-22-16-10-12(18)3-6-15(16)20-17(21)9-11-7-13-4-5-14(8-11)19-13/h3,6,10-11,13-14,19H,2,4-5,7-9H2,1H3,(H,20,21). The minimum absolute atomic E-state index is 0.0922. The fraction of sp³-hybridized carbons (Fsp3) is 0.588. The quantitative estimate of drug-likeness (QED) is 0.834. The van der Waals surface area contributed by atoms with Crippen molar-refractivity contribution in [3.8, 4) is 5.75 Å². The van der Waals surface area contributed by atoms with Gasteiger partial charge in [-0.1, -0.05) is 15.9 Å². The molecule has 0 radical (unpaired) electrons. The fourth-order valence-corrected chi connectivity index (χ4v) is 4.02. The van der Waals surface area contributed by atoms with E-state index in [0.717, 1.165) is 28.8 Å². The Balaban J connectivity index is 1.59.